The fourth-order valence-electron chi connectivity index (χ4n) is 5.09. The molecule has 0 saturated carbocycles. The summed E-state index contributed by atoms with van der Waals surface area (Å²) in [7, 11) is 0. The molecule has 0 aliphatic carbocycles. The lowest BCUT2D eigenvalue weighted by Gasteiger charge is -2.13. The lowest BCUT2D eigenvalue weighted by molar-refractivity contribution is 0.0696. The summed E-state index contributed by atoms with van der Waals surface area (Å²) in [6, 6.07) is 27.2. The molecule has 0 aliphatic rings. The monoisotopic (exact) mass is 562 g/mol. The van der Waals surface area contributed by atoms with Crippen LogP contribution in [0.4, 0.5) is 8.78 Å². The third-order valence-corrected chi connectivity index (χ3v) is 7.42. The summed E-state index contributed by atoms with van der Waals surface area (Å²) in [4.78, 5) is 24.9. The molecule has 1 heterocycles. The molecule has 6 nitrogen and oxygen atoms in total. The third-order valence-electron chi connectivity index (χ3n) is 7.42. The van der Waals surface area contributed by atoms with Gasteiger partial charge in [0.15, 0.2) is 17.4 Å². The summed E-state index contributed by atoms with van der Waals surface area (Å²) in [5.74, 6) is -3.21. The topological polar surface area (TPSA) is 92.4 Å². The molecule has 1 aromatic heterocycles. The number of hydrogen-bond acceptors (Lipinski definition) is 4. The molecule has 0 aliphatic heterocycles. The molecule has 208 valence electrons. The highest BCUT2D eigenvalue weighted by Gasteiger charge is 2.24. The Morgan fingerprint density at radius 2 is 1.62 bits per heavy atom. The van der Waals surface area contributed by atoms with Crippen molar-refractivity contribution in [2.24, 2.45) is 0 Å². The van der Waals surface area contributed by atoms with E-state index in [0.717, 1.165) is 28.5 Å². The Labute approximate surface area is 239 Å². The fraction of sp³-hybridized carbons (Fsp3) is 0.0882. The van der Waals surface area contributed by atoms with Crippen molar-refractivity contribution in [3.63, 3.8) is 0 Å². The molecule has 5 aromatic carbocycles. The highest BCUT2D eigenvalue weighted by atomic mass is 19.2. The number of rotatable bonds is 7. The molecule has 0 unspecified atom stereocenters. The zero-order valence-corrected chi connectivity index (χ0v) is 22.4. The van der Waals surface area contributed by atoms with Crippen molar-refractivity contribution in [1.82, 2.24) is 10.5 Å². The molecule has 8 heteroatoms. The van der Waals surface area contributed by atoms with Gasteiger partial charge < -0.3 is 14.9 Å². The summed E-state index contributed by atoms with van der Waals surface area (Å²) >= 11 is 0. The normalized spacial score (nSPS) is 12.0. The number of nitrogens with zero attached hydrogens (tertiary/aromatic N) is 1. The minimum absolute atomic E-state index is 0.135. The highest BCUT2D eigenvalue weighted by molar-refractivity contribution is 6.09. The first-order valence-corrected chi connectivity index (χ1v) is 13.3. The van der Waals surface area contributed by atoms with E-state index in [9.17, 15) is 18.4 Å². The molecule has 1 atom stereocenters. The van der Waals surface area contributed by atoms with Crippen LogP contribution in [0.5, 0.6) is 0 Å². The van der Waals surface area contributed by atoms with Gasteiger partial charge in [0.2, 0.25) is 0 Å². The number of benzene rings is 5. The number of fused-ring (bicyclic) bond motifs is 2. The summed E-state index contributed by atoms with van der Waals surface area (Å²) in [6.07, 6.45) is 0. The number of carboxylic acids is 1. The van der Waals surface area contributed by atoms with Crippen molar-refractivity contribution in [2.45, 2.75) is 19.4 Å². The van der Waals surface area contributed by atoms with Crippen LogP contribution in [0.3, 0.4) is 0 Å². The second-order valence-electron chi connectivity index (χ2n) is 10.1. The van der Waals surface area contributed by atoms with E-state index in [4.69, 9.17) is 9.63 Å². The van der Waals surface area contributed by atoms with Gasteiger partial charge in [-0.2, -0.15) is 0 Å². The lowest BCUT2D eigenvalue weighted by Crippen LogP contribution is -2.23. The van der Waals surface area contributed by atoms with Crippen molar-refractivity contribution in [3.8, 4) is 11.1 Å². The van der Waals surface area contributed by atoms with E-state index in [1.165, 1.54) is 18.2 Å². The van der Waals surface area contributed by atoms with Crippen LogP contribution in [0, 0.1) is 11.6 Å². The van der Waals surface area contributed by atoms with Gasteiger partial charge in [0, 0.05) is 12.5 Å². The average Bonchev–Trinajstić information content (AvgIpc) is 3.44. The molecule has 6 rings (SSSR count). The average molecular weight is 563 g/mol. The molecule has 1 amide bonds. The van der Waals surface area contributed by atoms with Gasteiger partial charge in [-0.15, -0.1) is 0 Å². The van der Waals surface area contributed by atoms with Crippen LogP contribution in [0.1, 0.15) is 50.4 Å². The Bertz CT molecular complexity index is 1980. The number of aromatic carboxylic acids is 1. The van der Waals surface area contributed by atoms with Crippen LogP contribution in [-0.4, -0.2) is 22.1 Å². The third kappa shape index (κ3) is 5.10. The zero-order chi connectivity index (χ0) is 29.4. The van der Waals surface area contributed by atoms with Crippen LogP contribution >= 0.6 is 0 Å². The zero-order valence-electron chi connectivity index (χ0n) is 22.4. The van der Waals surface area contributed by atoms with Gasteiger partial charge in [-0.3, -0.25) is 4.79 Å². The number of hydrogen-bond donors (Lipinski definition) is 2. The van der Waals surface area contributed by atoms with Crippen LogP contribution in [0.25, 0.3) is 32.8 Å². The Kier molecular flexibility index (Phi) is 6.96. The van der Waals surface area contributed by atoms with Gasteiger partial charge >= 0.3 is 5.97 Å². The molecule has 0 saturated heterocycles. The summed E-state index contributed by atoms with van der Waals surface area (Å²) < 4.78 is 33.6. The van der Waals surface area contributed by atoms with E-state index in [-0.39, 0.29) is 23.6 Å². The van der Waals surface area contributed by atoms with Crippen molar-refractivity contribution in [3.05, 3.63) is 137 Å². The Morgan fingerprint density at radius 1 is 0.857 bits per heavy atom. The number of nitrogens with one attached hydrogen (secondary N) is 1. The predicted octanol–water partition coefficient (Wildman–Crippen LogP) is 7.71. The Balaban J connectivity index is 1.42. The largest absolute Gasteiger partial charge is 0.478 e. The van der Waals surface area contributed by atoms with Crippen molar-refractivity contribution >= 4 is 33.6 Å². The smallest absolute Gasteiger partial charge is 0.335 e. The van der Waals surface area contributed by atoms with Crippen molar-refractivity contribution < 1.29 is 28.0 Å². The maximum Gasteiger partial charge on any atom is 0.335 e. The highest BCUT2D eigenvalue weighted by Crippen LogP contribution is 2.36. The van der Waals surface area contributed by atoms with Crippen LogP contribution in [0.15, 0.2) is 102 Å². The standard InChI is InChI=1S/C34H24F2N2O4/c1-19(23-11-10-21-4-2-3-5-24(21)14-23)32-31-27(33(39)37-18-20-6-8-22(9-7-20)34(40)41)15-26(17-30(31)38-42-32)25-12-13-28(35)29(36)16-25/h2-17,19H,18H2,1H3,(H,37,39)(H,40,41)/t19-/m1/s1. The number of amides is 1. The lowest BCUT2D eigenvalue weighted by atomic mass is 9.91. The van der Waals surface area contributed by atoms with Gasteiger partial charge in [0.1, 0.15) is 5.52 Å². The van der Waals surface area contributed by atoms with Gasteiger partial charge in [-0.05, 0) is 69.4 Å². The molecule has 6 aromatic rings. The summed E-state index contributed by atoms with van der Waals surface area (Å²) in [6.45, 7) is 2.11. The van der Waals surface area contributed by atoms with Gasteiger partial charge in [-0.25, -0.2) is 13.6 Å². The molecular weight excluding hydrogens is 538 g/mol. The van der Waals surface area contributed by atoms with E-state index in [2.05, 4.69) is 16.5 Å². The maximum atomic E-state index is 14.1. The fourth-order valence-corrected chi connectivity index (χ4v) is 5.09. The summed E-state index contributed by atoms with van der Waals surface area (Å²) in [5.41, 5.74) is 3.33. The molecule has 2 N–H and O–H groups in total. The molecule has 0 bridgehead atoms. The van der Waals surface area contributed by atoms with Crippen LogP contribution in [-0.2, 0) is 6.54 Å². The van der Waals surface area contributed by atoms with E-state index >= 15 is 0 Å². The molecule has 0 spiro atoms. The second kappa shape index (κ2) is 10.9. The quantitative estimate of drug-likeness (QED) is 0.208. The van der Waals surface area contributed by atoms with Crippen molar-refractivity contribution in [2.75, 3.05) is 0 Å². The maximum absolute atomic E-state index is 14.1. The van der Waals surface area contributed by atoms with Crippen LogP contribution in [0.2, 0.25) is 0 Å². The first-order chi connectivity index (χ1) is 20.3. The van der Waals surface area contributed by atoms with E-state index in [1.54, 1.807) is 24.3 Å². The SMILES string of the molecule is C[C@H](c1ccc2ccccc2c1)c1onc2cc(-c3ccc(F)c(F)c3)cc(C(=O)NCc3ccc(C(=O)O)cc3)c12. The van der Waals surface area contributed by atoms with Gasteiger partial charge in [0.05, 0.1) is 16.5 Å². The van der Waals surface area contributed by atoms with E-state index < -0.39 is 23.5 Å². The number of carboxylic acid groups (broad SMARTS) is 1. The molecule has 0 radical (unpaired) electrons. The first kappa shape index (κ1) is 26.8. The van der Waals surface area contributed by atoms with Crippen LogP contribution < -0.4 is 5.32 Å². The Morgan fingerprint density at radius 3 is 2.36 bits per heavy atom. The molecular formula is C34H24F2N2O4. The van der Waals surface area contributed by atoms with Gasteiger partial charge in [0.25, 0.3) is 5.91 Å². The van der Waals surface area contributed by atoms with E-state index in [1.807, 2.05) is 43.3 Å². The molecule has 42 heavy (non-hydrogen) atoms. The van der Waals surface area contributed by atoms with Crippen molar-refractivity contribution in [1.29, 1.82) is 0 Å². The number of carbonyl (C=O) groups is 2. The summed E-state index contributed by atoms with van der Waals surface area (Å²) in [5, 5.41) is 19.0. The number of aromatic nitrogens is 1. The second-order valence-corrected chi connectivity index (χ2v) is 10.1. The number of carbonyl (C=O) groups excluding carboxylic acids is 1. The molecule has 0 fully saturated rings. The Hall–Kier alpha value is -5.37. The van der Waals surface area contributed by atoms with E-state index in [0.29, 0.717) is 33.4 Å². The minimum atomic E-state index is -1.04. The van der Waals surface area contributed by atoms with Gasteiger partial charge in [-0.1, -0.05) is 72.7 Å². The number of halogens is 2. The predicted molar refractivity (Wildman–Crippen MR) is 155 cm³/mol. The minimum Gasteiger partial charge on any atom is -0.478 e. The first-order valence-electron chi connectivity index (χ1n) is 13.3.